The van der Waals surface area contributed by atoms with E-state index in [9.17, 15) is 4.79 Å². The molecule has 1 aromatic carbocycles. The Kier molecular flexibility index (Phi) is 2.93. The molecule has 0 aliphatic heterocycles. The topological polar surface area (TPSA) is 41.7 Å². The number of H-pyrrole nitrogens is 1. The second-order valence-corrected chi connectivity index (χ2v) is 6.20. The van der Waals surface area contributed by atoms with Crippen LogP contribution in [0, 0.1) is 12.8 Å². The second kappa shape index (κ2) is 4.83. The molecule has 0 fully saturated rings. The van der Waals surface area contributed by atoms with Gasteiger partial charge in [0.2, 0.25) is 0 Å². The molecule has 2 aromatic heterocycles. The number of imidazole rings is 1. The summed E-state index contributed by atoms with van der Waals surface area (Å²) >= 11 is 0. The highest BCUT2D eigenvalue weighted by Gasteiger charge is 2.33. The van der Waals surface area contributed by atoms with E-state index in [2.05, 4.69) is 33.3 Å². The lowest BCUT2D eigenvalue weighted by molar-refractivity contribution is -0.705. The zero-order valence-corrected chi connectivity index (χ0v) is 13.0. The monoisotopic (exact) mass is 294 g/mol. The van der Waals surface area contributed by atoms with Gasteiger partial charge in [0.25, 0.3) is 5.82 Å². The Hall–Kier alpha value is -2.36. The van der Waals surface area contributed by atoms with E-state index in [0.717, 1.165) is 41.7 Å². The molecule has 4 nitrogen and oxygen atoms in total. The van der Waals surface area contributed by atoms with Gasteiger partial charge < -0.3 is 4.57 Å². The number of nitrogens with one attached hydrogen (secondary N) is 1. The highest BCUT2D eigenvalue weighted by Crippen LogP contribution is 2.33. The van der Waals surface area contributed by atoms with Crippen molar-refractivity contribution in [1.82, 2.24) is 9.55 Å². The highest BCUT2D eigenvalue weighted by molar-refractivity contribution is 6.11. The van der Waals surface area contributed by atoms with E-state index in [1.54, 1.807) is 0 Å². The zero-order valence-electron chi connectivity index (χ0n) is 13.0. The van der Waals surface area contributed by atoms with Crippen LogP contribution in [0.15, 0.2) is 36.7 Å². The predicted molar refractivity (Wildman–Crippen MR) is 84.8 cm³/mol. The van der Waals surface area contributed by atoms with Gasteiger partial charge in [0.15, 0.2) is 5.78 Å². The maximum atomic E-state index is 13.0. The van der Waals surface area contributed by atoms with Crippen LogP contribution in [-0.2, 0) is 20.0 Å². The Morgan fingerprint density at radius 1 is 1.36 bits per heavy atom. The maximum Gasteiger partial charge on any atom is 0.251 e. The molecule has 0 saturated heterocycles. The lowest BCUT2D eigenvalue weighted by Crippen LogP contribution is -2.42. The molecule has 0 radical (unpaired) electrons. The molecular formula is C18H20N3O+. The van der Waals surface area contributed by atoms with Gasteiger partial charge in [-0.25, -0.2) is 9.55 Å². The fourth-order valence-electron chi connectivity index (χ4n) is 3.71. The van der Waals surface area contributed by atoms with Gasteiger partial charge in [-0.1, -0.05) is 18.2 Å². The van der Waals surface area contributed by atoms with Gasteiger partial charge >= 0.3 is 0 Å². The first kappa shape index (κ1) is 13.3. The Balaban J connectivity index is 1.77. The summed E-state index contributed by atoms with van der Waals surface area (Å²) in [5.41, 5.74) is 3.30. The molecular weight excluding hydrogens is 274 g/mol. The molecule has 22 heavy (non-hydrogen) atoms. The largest absolute Gasteiger partial charge is 0.347 e. The van der Waals surface area contributed by atoms with Gasteiger partial charge in [0, 0.05) is 36.1 Å². The zero-order chi connectivity index (χ0) is 15.3. The Labute approximate surface area is 129 Å². The quantitative estimate of drug-likeness (QED) is 0.725. The number of hydrogen-bond acceptors (Lipinski definition) is 1. The second-order valence-electron chi connectivity index (χ2n) is 6.20. The standard InChI is InChI=1S/C18H19N3O/c1-12-19-9-10-21(12)11-13-7-8-16-17(18(13)22)14-5-3-4-6-15(14)20(16)2/h3-6,9-10,13H,7-8,11H2,1-2H3/p+1. The summed E-state index contributed by atoms with van der Waals surface area (Å²) in [4.78, 5) is 16.2. The molecule has 1 atom stereocenters. The van der Waals surface area contributed by atoms with Crippen LogP contribution in [-0.4, -0.2) is 15.3 Å². The number of fused-ring (bicyclic) bond motifs is 3. The number of aromatic amines is 1. The van der Waals surface area contributed by atoms with Crippen molar-refractivity contribution in [2.45, 2.75) is 26.3 Å². The lowest BCUT2D eigenvalue weighted by Gasteiger charge is -2.21. The van der Waals surface area contributed by atoms with Gasteiger partial charge in [-0.3, -0.25) is 4.79 Å². The van der Waals surface area contributed by atoms with E-state index < -0.39 is 0 Å². The SMILES string of the molecule is Cc1[nH]cc[n+]1CC1CCc2c(c3ccccc3n2C)C1=O. The molecule has 3 aromatic rings. The van der Waals surface area contributed by atoms with Crippen LogP contribution < -0.4 is 4.57 Å². The molecule has 4 heteroatoms. The molecule has 1 aliphatic carbocycles. The Bertz CT molecular complexity index is 872. The van der Waals surface area contributed by atoms with Crippen LogP contribution in [0.25, 0.3) is 10.9 Å². The molecule has 0 bridgehead atoms. The Morgan fingerprint density at radius 2 is 2.18 bits per heavy atom. The van der Waals surface area contributed by atoms with Crippen LogP contribution in [0.4, 0.5) is 0 Å². The van der Waals surface area contributed by atoms with E-state index in [1.165, 1.54) is 5.69 Å². The van der Waals surface area contributed by atoms with Crippen molar-refractivity contribution in [1.29, 1.82) is 0 Å². The van der Waals surface area contributed by atoms with E-state index >= 15 is 0 Å². The number of Topliss-reactive ketones (excluding diaryl/α,β-unsaturated/α-hetero) is 1. The van der Waals surface area contributed by atoms with E-state index in [-0.39, 0.29) is 5.92 Å². The summed E-state index contributed by atoms with van der Waals surface area (Å²) in [5.74, 6) is 1.46. The number of aromatic nitrogens is 3. The summed E-state index contributed by atoms with van der Waals surface area (Å²) < 4.78 is 4.33. The minimum absolute atomic E-state index is 0.0674. The number of nitrogens with zero attached hydrogens (tertiary/aromatic N) is 2. The molecule has 1 aliphatic rings. The highest BCUT2D eigenvalue weighted by atomic mass is 16.1. The van der Waals surface area contributed by atoms with Crippen LogP contribution in [0.5, 0.6) is 0 Å². The molecule has 112 valence electrons. The van der Waals surface area contributed by atoms with Crippen molar-refractivity contribution in [3.63, 3.8) is 0 Å². The number of benzene rings is 1. The predicted octanol–water partition coefficient (Wildman–Crippen LogP) is 2.55. The molecule has 1 unspecified atom stereocenters. The summed E-state index contributed by atoms with van der Waals surface area (Å²) in [6.07, 6.45) is 5.84. The fourth-order valence-corrected chi connectivity index (χ4v) is 3.71. The van der Waals surface area contributed by atoms with Gasteiger partial charge in [-0.2, -0.15) is 0 Å². The van der Waals surface area contributed by atoms with E-state index in [4.69, 9.17) is 0 Å². The number of para-hydroxylation sites is 1. The average molecular weight is 294 g/mol. The first-order valence-corrected chi connectivity index (χ1v) is 7.80. The minimum Gasteiger partial charge on any atom is -0.347 e. The van der Waals surface area contributed by atoms with Gasteiger partial charge in [0.1, 0.15) is 18.9 Å². The number of carbonyl (C=O) groups excluding carboxylic acids is 1. The van der Waals surface area contributed by atoms with Gasteiger partial charge in [-0.15, -0.1) is 0 Å². The normalized spacial score (nSPS) is 17.9. The van der Waals surface area contributed by atoms with Crippen molar-refractivity contribution in [3.8, 4) is 0 Å². The van der Waals surface area contributed by atoms with Gasteiger partial charge in [-0.05, 0) is 18.9 Å². The molecule has 1 N–H and O–H groups in total. The first-order chi connectivity index (χ1) is 10.7. The third-order valence-electron chi connectivity index (χ3n) is 4.97. The van der Waals surface area contributed by atoms with Crippen LogP contribution >= 0.6 is 0 Å². The molecule has 0 saturated carbocycles. The molecule has 4 rings (SSSR count). The van der Waals surface area contributed by atoms with Crippen molar-refractivity contribution in [3.05, 3.63) is 53.7 Å². The number of hydrogen-bond donors (Lipinski definition) is 1. The minimum atomic E-state index is 0.0674. The first-order valence-electron chi connectivity index (χ1n) is 7.80. The van der Waals surface area contributed by atoms with Crippen LogP contribution in [0.1, 0.15) is 28.3 Å². The Morgan fingerprint density at radius 3 is 2.95 bits per heavy atom. The van der Waals surface area contributed by atoms with E-state index in [0.29, 0.717) is 5.78 Å². The number of ketones is 1. The summed E-state index contributed by atoms with van der Waals surface area (Å²) in [6, 6.07) is 8.23. The van der Waals surface area contributed by atoms with Crippen molar-refractivity contribution in [2.75, 3.05) is 0 Å². The smallest absolute Gasteiger partial charge is 0.251 e. The molecule has 2 heterocycles. The van der Waals surface area contributed by atoms with Crippen molar-refractivity contribution < 1.29 is 9.36 Å². The van der Waals surface area contributed by atoms with Crippen LogP contribution in [0.3, 0.4) is 0 Å². The number of aryl methyl sites for hydroxylation is 2. The van der Waals surface area contributed by atoms with E-state index in [1.807, 2.05) is 31.5 Å². The lowest BCUT2D eigenvalue weighted by atomic mass is 9.85. The molecule has 0 amide bonds. The summed E-state index contributed by atoms with van der Waals surface area (Å²) in [5, 5.41) is 1.10. The fraction of sp³-hybridized carbons (Fsp3) is 0.333. The van der Waals surface area contributed by atoms with Crippen molar-refractivity contribution in [2.24, 2.45) is 13.0 Å². The maximum absolute atomic E-state index is 13.0. The average Bonchev–Trinajstić information content (AvgIpc) is 3.05. The van der Waals surface area contributed by atoms with Crippen LogP contribution in [0.2, 0.25) is 0 Å². The molecule has 0 spiro atoms. The third kappa shape index (κ3) is 1.83. The number of rotatable bonds is 2. The summed E-state index contributed by atoms with van der Waals surface area (Å²) in [7, 11) is 2.07. The van der Waals surface area contributed by atoms with Gasteiger partial charge in [0.05, 0.1) is 5.92 Å². The third-order valence-corrected chi connectivity index (χ3v) is 4.97. The van der Waals surface area contributed by atoms with Crippen molar-refractivity contribution >= 4 is 16.7 Å². The number of carbonyl (C=O) groups is 1. The summed E-state index contributed by atoms with van der Waals surface area (Å²) in [6.45, 7) is 2.80.